The van der Waals surface area contributed by atoms with Gasteiger partial charge in [0.1, 0.15) is 5.65 Å². The van der Waals surface area contributed by atoms with Crippen LogP contribution in [0.3, 0.4) is 0 Å². The Kier molecular flexibility index (Phi) is 5.17. The number of aromatic amines is 1. The molecule has 3 aromatic heterocycles. The second-order valence-electron chi connectivity index (χ2n) is 6.39. The van der Waals surface area contributed by atoms with E-state index in [2.05, 4.69) is 25.2 Å². The van der Waals surface area contributed by atoms with Crippen LogP contribution in [0, 0.1) is 6.92 Å². The fraction of sp³-hybridized carbons (Fsp3) is 0.150. The number of fused-ring (bicyclic) bond motifs is 1. The molecule has 4 aromatic rings. The standard InChI is InChI=1S/C20H16Cl2N6O/c1-3-28-10-15(17(29)14-7-4-11(2)24-19(14)28)18-25-20(27-26-18)23-9-12-5-6-13(21)8-16(12)22/h4-10H,3H2,1-2H3,(H,25,26,27). The third-order valence-electron chi connectivity index (χ3n) is 4.41. The number of benzene rings is 1. The van der Waals surface area contributed by atoms with Crippen LogP contribution in [0.25, 0.3) is 22.4 Å². The molecule has 3 heterocycles. The first-order valence-corrected chi connectivity index (χ1v) is 9.64. The predicted octanol–water partition coefficient (Wildman–Crippen LogP) is 4.57. The van der Waals surface area contributed by atoms with Gasteiger partial charge in [0.15, 0.2) is 5.82 Å². The number of nitrogens with zero attached hydrogens (tertiary/aromatic N) is 5. The molecule has 0 fully saturated rings. The molecule has 1 aromatic carbocycles. The molecule has 4 rings (SSSR count). The molecule has 0 aliphatic heterocycles. The summed E-state index contributed by atoms with van der Waals surface area (Å²) in [5, 5.41) is 8.41. The summed E-state index contributed by atoms with van der Waals surface area (Å²) in [6.07, 6.45) is 3.28. The summed E-state index contributed by atoms with van der Waals surface area (Å²) in [5.41, 5.74) is 2.43. The highest BCUT2D eigenvalue weighted by atomic mass is 35.5. The average molecular weight is 427 g/mol. The van der Waals surface area contributed by atoms with Crippen molar-refractivity contribution in [2.24, 2.45) is 4.99 Å². The molecule has 0 saturated carbocycles. The maximum Gasteiger partial charge on any atom is 0.268 e. The minimum atomic E-state index is -0.162. The summed E-state index contributed by atoms with van der Waals surface area (Å²) >= 11 is 12.0. The van der Waals surface area contributed by atoms with Gasteiger partial charge in [-0.05, 0) is 38.1 Å². The SMILES string of the molecule is CCn1cc(-c2nc(N=Cc3ccc(Cl)cc3Cl)n[nH]2)c(=O)c2ccc(C)nc21. The molecule has 0 aliphatic rings. The van der Waals surface area contributed by atoms with E-state index in [1.165, 1.54) is 0 Å². The van der Waals surface area contributed by atoms with E-state index >= 15 is 0 Å². The predicted molar refractivity (Wildman–Crippen MR) is 116 cm³/mol. The molecule has 0 unspecified atom stereocenters. The maximum atomic E-state index is 13.0. The van der Waals surface area contributed by atoms with Crippen LogP contribution < -0.4 is 5.43 Å². The van der Waals surface area contributed by atoms with Gasteiger partial charge < -0.3 is 4.57 Å². The fourth-order valence-corrected chi connectivity index (χ4v) is 3.39. The lowest BCUT2D eigenvalue weighted by molar-refractivity contribution is 0.776. The highest BCUT2D eigenvalue weighted by Crippen LogP contribution is 2.21. The molecule has 0 radical (unpaired) electrons. The molecule has 7 nitrogen and oxygen atoms in total. The van der Waals surface area contributed by atoms with Crippen LogP contribution in [0.2, 0.25) is 10.0 Å². The van der Waals surface area contributed by atoms with Crippen LogP contribution in [0.5, 0.6) is 0 Å². The van der Waals surface area contributed by atoms with Crippen LogP contribution >= 0.6 is 23.2 Å². The molecule has 29 heavy (non-hydrogen) atoms. The zero-order valence-corrected chi connectivity index (χ0v) is 17.2. The van der Waals surface area contributed by atoms with Crippen LogP contribution in [0.4, 0.5) is 5.95 Å². The van der Waals surface area contributed by atoms with E-state index < -0.39 is 0 Å². The van der Waals surface area contributed by atoms with E-state index in [-0.39, 0.29) is 11.4 Å². The van der Waals surface area contributed by atoms with E-state index in [1.807, 2.05) is 24.5 Å². The number of hydrogen-bond acceptors (Lipinski definition) is 5. The smallest absolute Gasteiger partial charge is 0.268 e. The quantitative estimate of drug-likeness (QED) is 0.484. The lowest BCUT2D eigenvalue weighted by atomic mass is 10.1. The zero-order valence-electron chi connectivity index (χ0n) is 15.6. The van der Waals surface area contributed by atoms with Crippen molar-refractivity contribution in [2.45, 2.75) is 20.4 Å². The third-order valence-corrected chi connectivity index (χ3v) is 4.97. The summed E-state index contributed by atoms with van der Waals surface area (Å²) < 4.78 is 1.91. The lowest BCUT2D eigenvalue weighted by Crippen LogP contribution is -2.13. The first-order chi connectivity index (χ1) is 14.0. The van der Waals surface area contributed by atoms with Gasteiger partial charge in [-0.3, -0.25) is 9.89 Å². The summed E-state index contributed by atoms with van der Waals surface area (Å²) in [6, 6.07) is 8.70. The Morgan fingerprint density at radius 1 is 1.21 bits per heavy atom. The lowest BCUT2D eigenvalue weighted by Gasteiger charge is -2.10. The van der Waals surface area contributed by atoms with Gasteiger partial charge >= 0.3 is 0 Å². The second kappa shape index (κ2) is 7.77. The topological polar surface area (TPSA) is 88.8 Å². The largest absolute Gasteiger partial charge is 0.332 e. The normalized spacial score (nSPS) is 11.6. The molecule has 0 aliphatic carbocycles. The van der Waals surface area contributed by atoms with E-state index in [0.717, 1.165) is 5.69 Å². The highest BCUT2D eigenvalue weighted by molar-refractivity contribution is 6.36. The second-order valence-corrected chi connectivity index (χ2v) is 7.23. The van der Waals surface area contributed by atoms with Crippen molar-refractivity contribution in [2.75, 3.05) is 0 Å². The summed E-state index contributed by atoms with van der Waals surface area (Å²) in [5.74, 6) is 0.532. The number of aromatic nitrogens is 5. The van der Waals surface area contributed by atoms with E-state index in [4.69, 9.17) is 23.2 Å². The molecule has 1 N–H and O–H groups in total. The Morgan fingerprint density at radius 3 is 2.79 bits per heavy atom. The number of pyridine rings is 2. The van der Waals surface area contributed by atoms with Gasteiger partial charge in [0, 0.05) is 35.2 Å². The number of aryl methyl sites for hydroxylation is 2. The molecule has 0 spiro atoms. The highest BCUT2D eigenvalue weighted by Gasteiger charge is 2.14. The molecular formula is C20H16Cl2N6O. The number of H-pyrrole nitrogens is 1. The van der Waals surface area contributed by atoms with Crippen molar-refractivity contribution in [1.82, 2.24) is 24.7 Å². The number of halogens is 2. The zero-order chi connectivity index (χ0) is 20.5. The average Bonchev–Trinajstić information content (AvgIpc) is 3.16. The van der Waals surface area contributed by atoms with Gasteiger partial charge in [0.05, 0.1) is 16.0 Å². The Hall–Kier alpha value is -3.03. The molecule has 0 atom stereocenters. The van der Waals surface area contributed by atoms with Crippen LogP contribution in [0.1, 0.15) is 18.2 Å². The first-order valence-electron chi connectivity index (χ1n) is 8.89. The van der Waals surface area contributed by atoms with Crippen molar-refractivity contribution in [1.29, 1.82) is 0 Å². The monoisotopic (exact) mass is 426 g/mol. The van der Waals surface area contributed by atoms with Crippen LogP contribution in [-0.2, 0) is 6.54 Å². The minimum Gasteiger partial charge on any atom is -0.332 e. The van der Waals surface area contributed by atoms with Gasteiger partial charge in [-0.2, -0.15) is 4.98 Å². The Labute approximate surface area is 176 Å². The van der Waals surface area contributed by atoms with Crippen LogP contribution in [-0.4, -0.2) is 30.9 Å². The number of aliphatic imine (C=N–C) groups is 1. The van der Waals surface area contributed by atoms with Crippen molar-refractivity contribution < 1.29 is 0 Å². The Bertz CT molecular complexity index is 1310. The molecular weight excluding hydrogens is 411 g/mol. The van der Waals surface area contributed by atoms with Gasteiger partial charge in [-0.1, -0.05) is 29.3 Å². The molecule has 0 amide bonds. The van der Waals surface area contributed by atoms with Crippen molar-refractivity contribution in [3.8, 4) is 11.4 Å². The van der Waals surface area contributed by atoms with Crippen molar-refractivity contribution in [3.05, 3.63) is 68.1 Å². The van der Waals surface area contributed by atoms with Gasteiger partial charge in [0.25, 0.3) is 5.95 Å². The number of hydrogen-bond donors (Lipinski definition) is 1. The fourth-order valence-electron chi connectivity index (χ4n) is 2.93. The van der Waals surface area contributed by atoms with Crippen molar-refractivity contribution >= 4 is 46.4 Å². The molecule has 0 saturated heterocycles. The van der Waals surface area contributed by atoms with Crippen LogP contribution in [0.15, 0.2) is 46.3 Å². The maximum absolute atomic E-state index is 13.0. The number of nitrogens with one attached hydrogen (secondary N) is 1. The van der Waals surface area contributed by atoms with E-state index in [9.17, 15) is 4.79 Å². The minimum absolute atomic E-state index is 0.162. The summed E-state index contributed by atoms with van der Waals surface area (Å²) in [4.78, 5) is 26.0. The summed E-state index contributed by atoms with van der Waals surface area (Å²) in [7, 11) is 0. The van der Waals surface area contributed by atoms with Crippen molar-refractivity contribution in [3.63, 3.8) is 0 Å². The first kappa shape index (κ1) is 19.3. The molecule has 9 heteroatoms. The number of rotatable bonds is 4. The van der Waals surface area contributed by atoms with Gasteiger partial charge in [-0.25, -0.2) is 9.98 Å². The molecule has 0 bridgehead atoms. The Morgan fingerprint density at radius 2 is 2.03 bits per heavy atom. The van der Waals surface area contributed by atoms with E-state index in [0.29, 0.717) is 44.6 Å². The van der Waals surface area contributed by atoms with Gasteiger partial charge in [0.2, 0.25) is 5.43 Å². The third kappa shape index (κ3) is 3.79. The Balaban J connectivity index is 1.73. The molecule has 146 valence electrons. The van der Waals surface area contributed by atoms with E-state index in [1.54, 1.807) is 36.7 Å². The summed E-state index contributed by atoms with van der Waals surface area (Å²) in [6.45, 7) is 4.55. The van der Waals surface area contributed by atoms with Gasteiger partial charge in [-0.15, -0.1) is 5.10 Å².